The average Bonchev–Trinajstić information content (AvgIpc) is 2.82. The van der Waals surface area contributed by atoms with Crippen LogP contribution in [0.5, 0.6) is 0 Å². The Kier molecular flexibility index (Phi) is 3.00. The van der Waals surface area contributed by atoms with Gasteiger partial charge in [-0.3, -0.25) is 14.5 Å². The number of anilines is 1. The van der Waals surface area contributed by atoms with Crippen molar-refractivity contribution in [3.05, 3.63) is 42.0 Å². The minimum Gasteiger partial charge on any atom is -0.274 e. The molecule has 0 radical (unpaired) electrons. The maximum Gasteiger partial charge on any atom is 0.238 e. The molecule has 3 heteroatoms. The summed E-state index contributed by atoms with van der Waals surface area (Å²) in [6.07, 6.45) is 6.40. The molecule has 4 atom stereocenters. The molecule has 2 fully saturated rings. The summed E-state index contributed by atoms with van der Waals surface area (Å²) in [7, 11) is 0. The van der Waals surface area contributed by atoms with E-state index >= 15 is 0 Å². The van der Waals surface area contributed by atoms with Crippen molar-refractivity contribution in [3.8, 4) is 0 Å². The van der Waals surface area contributed by atoms with Crippen LogP contribution in [0.2, 0.25) is 0 Å². The monoisotopic (exact) mass is 295 g/mol. The third-order valence-electron chi connectivity index (χ3n) is 5.58. The third-order valence-corrected chi connectivity index (χ3v) is 5.58. The van der Waals surface area contributed by atoms with Crippen molar-refractivity contribution in [1.82, 2.24) is 0 Å². The number of hydrogen-bond acceptors (Lipinski definition) is 2. The largest absolute Gasteiger partial charge is 0.274 e. The number of fused-ring (bicyclic) bond motifs is 1. The summed E-state index contributed by atoms with van der Waals surface area (Å²) in [5.41, 5.74) is 1.95. The molecule has 2 bridgehead atoms. The molecular weight excluding hydrogens is 274 g/mol. The van der Waals surface area contributed by atoms with Gasteiger partial charge >= 0.3 is 0 Å². The minimum absolute atomic E-state index is 0.00588. The number of carbonyl (C=O) groups is 2. The van der Waals surface area contributed by atoms with Crippen LogP contribution in [0.1, 0.15) is 38.2 Å². The Morgan fingerprint density at radius 3 is 1.82 bits per heavy atom. The number of imide groups is 1. The van der Waals surface area contributed by atoms with Crippen molar-refractivity contribution < 1.29 is 9.59 Å². The summed E-state index contributed by atoms with van der Waals surface area (Å²) < 4.78 is 0. The van der Waals surface area contributed by atoms with E-state index < -0.39 is 0 Å². The zero-order valence-corrected chi connectivity index (χ0v) is 13.0. The Morgan fingerprint density at radius 1 is 0.909 bits per heavy atom. The Balaban J connectivity index is 1.69. The first kappa shape index (κ1) is 13.7. The number of carbonyl (C=O) groups excluding carboxylic acids is 2. The number of benzene rings is 1. The van der Waals surface area contributed by atoms with E-state index in [0.29, 0.717) is 5.92 Å². The maximum absolute atomic E-state index is 12.8. The van der Waals surface area contributed by atoms with E-state index in [1.165, 1.54) is 10.5 Å². The molecule has 1 saturated heterocycles. The van der Waals surface area contributed by atoms with Gasteiger partial charge in [-0.05, 0) is 48.3 Å². The van der Waals surface area contributed by atoms with Crippen LogP contribution in [0.15, 0.2) is 36.4 Å². The second kappa shape index (κ2) is 4.80. The predicted octanol–water partition coefficient (Wildman–Crippen LogP) is 3.51. The normalized spacial score (nSPS) is 33.0. The molecule has 5 rings (SSSR count). The molecule has 1 aliphatic heterocycles. The van der Waals surface area contributed by atoms with Crippen molar-refractivity contribution in [2.24, 2.45) is 23.7 Å². The number of allylic oxidation sites excluding steroid dienone is 2. The topological polar surface area (TPSA) is 37.4 Å². The van der Waals surface area contributed by atoms with Gasteiger partial charge in [0.25, 0.3) is 0 Å². The predicted molar refractivity (Wildman–Crippen MR) is 85.4 cm³/mol. The van der Waals surface area contributed by atoms with Crippen molar-refractivity contribution in [1.29, 1.82) is 0 Å². The van der Waals surface area contributed by atoms with Crippen LogP contribution in [0.3, 0.4) is 0 Å². The lowest BCUT2D eigenvalue weighted by Gasteiger charge is -2.38. The highest BCUT2D eigenvalue weighted by molar-refractivity contribution is 6.22. The summed E-state index contributed by atoms with van der Waals surface area (Å²) in [4.78, 5) is 27.1. The number of nitrogens with zero attached hydrogens (tertiary/aromatic N) is 1. The quantitative estimate of drug-likeness (QED) is 0.618. The van der Waals surface area contributed by atoms with Crippen LogP contribution >= 0.6 is 0 Å². The number of hydrogen-bond donors (Lipinski definition) is 0. The van der Waals surface area contributed by atoms with Crippen molar-refractivity contribution in [2.75, 3.05) is 4.90 Å². The lowest BCUT2D eigenvalue weighted by atomic mass is 9.63. The second-order valence-corrected chi connectivity index (χ2v) is 7.10. The number of rotatable bonds is 2. The van der Waals surface area contributed by atoms with E-state index in [2.05, 4.69) is 26.0 Å². The van der Waals surface area contributed by atoms with E-state index in [0.717, 1.165) is 18.5 Å². The zero-order valence-electron chi connectivity index (χ0n) is 13.0. The molecule has 2 amide bonds. The molecule has 0 unspecified atom stereocenters. The van der Waals surface area contributed by atoms with Gasteiger partial charge < -0.3 is 0 Å². The van der Waals surface area contributed by atoms with Gasteiger partial charge in [0.05, 0.1) is 17.5 Å². The Morgan fingerprint density at radius 2 is 1.41 bits per heavy atom. The molecule has 4 aliphatic rings. The van der Waals surface area contributed by atoms with Crippen molar-refractivity contribution in [3.63, 3.8) is 0 Å². The molecule has 0 aromatic heterocycles. The fourth-order valence-electron chi connectivity index (χ4n) is 4.34. The van der Waals surface area contributed by atoms with E-state index in [1.807, 2.05) is 24.3 Å². The van der Waals surface area contributed by atoms with E-state index in [9.17, 15) is 9.59 Å². The molecule has 0 N–H and O–H groups in total. The first-order valence-electron chi connectivity index (χ1n) is 8.24. The zero-order chi connectivity index (χ0) is 15.4. The summed E-state index contributed by atoms with van der Waals surface area (Å²) in [6.45, 7) is 4.28. The Hall–Kier alpha value is -1.90. The summed E-state index contributed by atoms with van der Waals surface area (Å²) in [6, 6.07) is 7.88. The molecule has 1 heterocycles. The maximum atomic E-state index is 12.8. The highest BCUT2D eigenvalue weighted by Gasteiger charge is 2.56. The number of amides is 2. The summed E-state index contributed by atoms with van der Waals surface area (Å²) in [5.74, 6) is 0.721. The van der Waals surface area contributed by atoms with Gasteiger partial charge in [0.1, 0.15) is 0 Å². The standard InChI is InChI=1S/C19H21NO2/c1-11(2)12-7-9-15(10-8-12)20-18(21)16-13-3-4-14(6-5-13)17(16)19(20)22/h3-4,7-11,13-14,16-17H,5-6H2,1-2H3/t13-,14-,16-,17+/m0/s1. The molecule has 114 valence electrons. The smallest absolute Gasteiger partial charge is 0.238 e. The van der Waals surface area contributed by atoms with Gasteiger partial charge in [-0.2, -0.15) is 0 Å². The van der Waals surface area contributed by atoms with E-state index in [-0.39, 0.29) is 35.5 Å². The highest BCUT2D eigenvalue weighted by atomic mass is 16.2. The van der Waals surface area contributed by atoms with Crippen LogP contribution in [-0.4, -0.2) is 11.8 Å². The fourth-order valence-corrected chi connectivity index (χ4v) is 4.34. The van der Waals surface area contributed by atoms with Gasteiger partial charge in [0.2, 0.25) is 11.8 Å². The Labute approximate surface area is 131 Å². The fraction of sp³-hybridized carbons (Fsp3) is 0.474. The first-order valence-corrected chi connectivity index (χ1v) is 8.24. The van der Waals surface area contributed by atoms with Crippen LogP contribution in [0, 0.1) is 23.7 Å². The lowest BCUT2D eigenvalue weighted by Crippen LogP contribution is -2.38. The molecule has 3 aliphatic carbocycles. The van der Waals surface area contributed by atoms with Crippen LogP contribution in [0.4, 0.5) is 5.69 Å². The molecule has 1 aromatic carbocycles. The molecule has 1 saturated carbocycles. The SMILES string of the molecule is CC(C)c1ccc(N2C(=O)[C@@H]3[C@H](C2=O)[C@H]2C=C[C@H]3CC2)cc1. The van der Waals surface area contributed by atoms with Crippen molar-refractivity contribution in [2.45, 2.75) is 32.6 Å². The van der Waals surface area contributed by atoms with Gasteiger partial charge in [-0.1, -0.05) is 38.1 Å². The van der Waals surface area contributed by atoms with Crippen LogP contribution in [-0.2, 0) is 9.59 Å². The third kappa shape index (κ3) is 1.81. The molecule has 1 aromatic rings. The van der Waals surface area contributed by atoms with Gasteiger partial charge in [0, 0.05) is 0 Å². The van der Waals surface area contributed by atoms with Gasteiger partial charge in [-0.15, -0.1) is 0 Å². The first-order chi connectivity index (χ1) is 10.6. The summed E-state index contributed by atoms with van der Waals surface area (Å²) in [5, 5.41) is 0. The van der Waals surface area contributed by atoms with Gasteiger partial charge in [-0.25, -0.2) is 0 Å². The van der Waals surface area contributed by atoms with E-state index in [1.54, 1.807) is 0 Å². The van der Waals surface area contributed by atoms with E-state index in [4.69, 9.17) is 0 Å². The van der Waals surface area contributed by atoms with Crippen molar-refractivity contribution >= 4 is 17.5 Å². The minimum atomic E-state index is -0.124. The van der Waals surface area contributed by atoms with Gasteiger partial charge in [0.15, 0.2) is 0 Å². The van der Waals surface area contributed by atoms with Crippen LogP contribution in [0.25, 0.3) is 0 Å². The highest BCUT2D eigenvalue weighted by Crippen LogP contribution is 2.50. The van der Waals surface area contributed by atoms with Crippen LogP contribution < -0.4 is 4.90 Å². The summed E-state index contributed by atoms with van der Waals surface area (Å²) >= 11 is 0. The Bertz CT molecular complexity index is 627. The molecule has 3 nitrogen and oxygen atoms in total. The molecule has 22 heavy (non-hydrogen) atoms. The molecule has 0 spiro atoms. The molecular formula is C19H21NO2. The second-order valence-electron chi connectivity index (χ2n) is 7.10. The average molecular weight is 295 g/mol. The lowest BCUT2D eigenvalue weighted by molar-refractivity contribution is -0.124.